The number of hydrogen-bond donors (Lipinski definition) is 2. The highest BCUT2D eigenvalue weighted by atomic mass is 32.2. The number of alkyl halides is 3. The van der Waals surface area contributed by atoms with Crippen LogP contribution in [0.5, 0.6) is 0 Å². The Kier molecular flexibility index (Phi) is 5.46. The Labute approximate surface area is 171 Å². The van der Waals surface area contributed by atoms with E-state index in [1.165, 1.54) is 32.2 Å². The van der Waals surface area contributed by atoms with Gasteiger partial charge in [0.2, 0.25) is 11.0 Å². The Morgan fingerprint density at radius 2 is 1.93 bits per heavy atom. The number of ketones is 1. The average molecular weight is 441 g/mol. The van der Waals surface area contributed by atoms with Crippen molar-refractivity contribution in [3.8, 4) is 11.3 Å². The van der Waals surface area contributed by atoms with E-state index in [1.54, 1.807) is 0 Å². The third-order valence-electron chi connectivity index (χ3n) is 4.41. The van der Waals surface area contributed by atoms with E-state index in [0.717, 1.165) is 10.7 Å². The molecule has 8 nitrogen and oxygen atoms in total. The molecular formula is C18H14F3N3O5S. The molecule has 158 valence electrons. The lowest BCUT2D eigenvalue weighted by atomic mass is 9.95. The summed E-state index contributed by atoms with van der Waals surface area (Å²) < 4.78 is 39.7. The number of carboxylic acid groups (broad SMARTS) is 1. The standard InChI is InChI=1S/C18H14F3N3O5S/c1-7(16(27)28)22-15(26)13-14(25)9-4-3-8(5-11(9)30-17(13)29)10-6-12(18(19,20)21)23-24(10)2/h3-7,13H,1-2H3,(H,22,26)(H,27,28)/t7-,13?/m0/s1. The molecule has 1 aliphatic rings. The minimum absolute atomic E-state index is 0.0460. The van der Waals surface area contributed by atoms with Crippen molar-refractivity contribution in [3.63, 3.8) is 0 Å². The largest absolute Gasteiger partial charge is 0.480 e. The summed E-state index contributed by atoms with van der Waals surface area (Å²) in [6.07, 6.45) is -4.63. The number of carboxylic acids is 1. The van der Waals surface area contributed by atoms with Gasteiger partial charge < -0.3 is 10.4 Å². The summed E-state index contributed by atoms with van der Waals surface area (Å²) in [6, 6.07) is 3.63. The maximum atomic E-state index is 12.9. The Balaban J connectivity index is 1.92. The molecule has 30 heavy (non-hydrogen) atoms. The van der Waals surface area contributed by atoms with E-state index in [-0.39, 0.29) is 16.2 Å². The van der Waals surface area contributed by atoms with Crippen molar-refractivity contribution < 1.29 is 37.5 Å². The minimum atomic E-state index is -4.63. The Morgan fingerprint density at radius 3 is 2.50 bits per heavy atom. The summed E-state index contributed by atoms with van der Waals surface area (Å²) in [5.41, 5.74) is -0.609. The van der Waals surface area contributed by atoms with E-state index in [0.29, 0.717) is 17.3 Å². The lowest BCUT2D eigenvalue weighted by Crippen LogP contribution is -2.46. The maximum Gasteiger partial charge on any atom is 0.435 e. The summed E-state index contributed by atoms with van der Waals surface area (Å²) in [6.45, 7) is 1.19. The van der Waals surface area contributed by atoms with Crippen molar-refractivity contribution in [2.75, 3.05) is 0 Å². The van der Waals surface area contributed by atoms with Crippen LogP contribution in [0.1, 0.15) is 23.0 Å². The van der Waals surface area contributed by atoms with Gasteiger partial charge in [-0.2, -0.15) is 18.3 Å². The second kappa shape index (κ2) is 7.59. The molecule has 3 rings (SSSR count). The molecule has 2 N–H and O–H groups in total. The molecule has 1 aromatic carbocycles. The van der Waals surface area contributed by atoms with Crippen molar-refractivity contribution in [1.29, 1.82) is 0 Å². The quantitative estimate of drug-likeness (QED) is 0.698. The molecule has 2 aromatic rings. The summed E-state index contributed by atoms with van der Waals surface area (Å²) in [7, 11) is 1.33. The van der Waals surface area contributed by atoms with Crippen molar-refractivity contribution in [1.82, 2.24) is 15.1 Å². The summed E-state index contributed by atoms with van der Waals surface area (Å²) in [4.78, 5) is 48.3. The lowest BCUT2D eigenvalue weighted by Gasteiger charge is -2.22. The second-order valence-electron chi connectivity index (χ2n) is 6.53. The molecular weight excluding hydrogens is 427 g/mol. The van der Waals surface area contributed by atoms with Crippen LogP contribution in [0.3, 0.4) is 0 Å². The van der Waals surface area contributed by atoms with Crippen LogP contribution in [0.2, 0.25) is 0 Å². The number of hydrogen-bond acceptors (Lipinski definition) is 6. The molecule has 0 saturated heterocycles. The summed E-state index contributed by atoms with van der Waals surface area (Å²) in [5, 5.41) is 13.6. The fraction of sp³-hybridized carbons (Fsp3) is 0.278. The van der Waals surface area contributed by atoms with Gasteiger partial charge in [-0.1, -0.05) is 6.07 Å². The van der Waals surface area contributed by atoms with E-state index in [9.17, 15) is 32.3 Å². The van der Waals surface area contributed by atoms with Gasteiger partial charge in [0.1, 0.15) is 6.04 Å². The van der Waals surface area contributed by atoms with Crippen LogP contribution in [0, 0.1) is 5.92 Å². The maximum absolute atomic E-state index is 12.9. The minimum Gasteiger partial charge on any atom is -0.480 e. The first-order valence-electron chi connectivity index (χ1n) is 8.45. The van der Waals surface area contributed by atoms with Gasteiger partial charge in [0, 0.05) is 23.1 Å². The van der Waals surface area contributed by atoms with Gasteiger partial charge in [-0.25, -0.2) is 0 Å². The number of benzene rings is 1. The number of aromatic nitrogens is 2. The van der Waals surface area contributed by atoms with E-state index < -0.39 is 46.6 Å². The third-order valence-corrected chi connectivity index (χ3v) is 5.41. The number of rotatable bonds is 4. The number of halogens is 3. The molecule has 1 unspecified atom stereocenters. The molecule has 1 aromatic heterocycles. The third kappa shape index (κ3) is 3.95. The fourth-order valence-electron chi connectivity index (χ4n) is 2.86. The van der Waals surface area contributed by atoms with Gasteiger partial charge in [-0.15, -0.1) is 0 Å². The number of nitrogens with zero attached hydrogens (tertiary/aromatic N) is 2. The average Bonchev–Trinajstić information content (AvgIpc) is 3.03. The SMILES string of the molecule is C[C@H](NC(=O)C1C(=O)Sc2cc(-c3cc(C(F)(F)F)nn3C)ccc2C1=O)C(=O)O. The molecule has 0 bridgehead atoms. The fourth-order valence-corrected chi connectivity index (χ4v) is 3.87. The number of carbonyl (C=O) groups is 4. The first-order chi connectivity index (χ1) is 13.9. The summed E-state index contributed by atoms with van der Waals surface area (Å²) in [5.74, 6) is -4.87. The molecule has 0 saturated carbocycles. The second-order valence-corrected chi connectivity index (χ2v) is 7.58. The lowest BCUT2D eigenvalue weighted by molar-refractivity contribution is -0.142. The van der Waals surface area contributed by atoms with Crippen LogP contribution in [0.15, 0.2) is 29.2 Å². The normalized spacial score (nSPS) is 17.4. The number of thioether (sulfide) groups is 1. The number of carbonyl (C=O) groups excluding carboxylic acids is 3. The Bertz CT molecular complexity index is 1080. The van der Waals surface area contributed by atoms with E-state index in [2.05, 4.69) is 10.4 Å². The zero-order chi connectivity index (χ0) is 22.4. The zero-order valence-corrected chi connectivity index (χ0v) is 16.3. The van der Waals surface area contributed by atoms with E-state index in [4.69, 9.17) is 5.11 Å². The smallest absolute Gasteiger partial charge is 0.435 e. The monoisotopic (exact) mass is 441 g/mol. The molecule has 0 spiro atoms. The Hall–Kier alpha value is -3.15. The molecule has 2 atom stereocenters. The summed E-state index contributed by atoms with van der Waals surface area (Å²) >= 11 is 0.595. The molecule has 12 heteroatoms. The van der Waals surface area contributed by atoms with Crippen LogP contribution in [0.25, 0.3) is 11.3 Å². The highest BCUT2D eigenvalue weighted by molar-refractivity contribution is 8.14. The number of Topliss-reactive ketones (excluding diaryl/α,β-unsaturated/α-hetero) is 1. The van der Waals surface area contributed by atoms with Gasteiger partial charge in [-0.3, -0.25) is 23.9 Å². The van der Waals surface area contributed by atoms with Gasteiger partial charge in [0.25, 0.3) is 0 Å². The molecule has 1 amide bonds. The first kappa shape index (κ1) is 21.6. The van der Waals surface area contributed by atoms with Gasteiger partial charge in [0.15, 0.2) is 17.4 Å². The molecule has 0 radical (unpaired) electrons. The number of fused-ring (bicyclic) bond motifs is 1. The molecule has 2 heterocycles. The topological polar surface area (TPSA) is 118 Å². The van der Waals surface area contributed by atoms with E-state index >= 15 is 0 Å². The number of aliphatic carboxylic acids is 1. The molecule has 1 aliphatic heterocycles. The highest BCUT2D eigenvalue weighted by Gasteiger charge is 2.41. The zero-order valence-electron chi connectivity index (χ0n) is 15.5. The highest BCUT2D eigenvalue weighted by Crippen LogP contribution is 2.38. The van der Waals surface area contributed by atoms with Crippen molar-refractivity contribution in [2.24, 2.45) is 13.0 Å². The van der Waals surface area contributed by atoms with Crippen molar-refractivity contribution >= 4 is 34.5 Å². The predicted molar refractivity (Wildman–Crippen MR) is 97.6 cm³/mol. The van der Waals surface area contributed by atoms with Crippen LogP contribution in [-0.2, 0) is 27.6 Å². The number of amides is 1. The predicted octanol–water partition coefficient (Wildman–Crippen LogP) is 2.13. The number of aryl methyl sites for hydroxylation is 1. The molecule has 0 fully saturated rings. The van der Waals surface area contributed by atoms with Gasteiger partial charge in [0.05, 0.1) is 5.69 Å². The number of nitrogens with one attached hydrogen (secondary N) is 1. The first-order valence-corrected chi connectivity index (χ1v) is 9.26. The van der Waals surface area contributed by atoms with E-state index in [1.807, 2.05) is 0 Å². The van der Waals surface area contributed by atoms with Crippen molar-refractivity contribution in [3.05, 3.63) is 35.5 Å². The van der Waals surface area contributed by atoms with Crippen LogP contribution >= 0.6 is 11.8 Å². The van der Waals surface area contributed by atoms with Crippen molar-refractivity contribution in [2.45, 2.75) is 24.0 Å². The Morgan fingerprint density at radius 1 is 1.27 bits per heavy atom. The van der Waals surface area contributed by atoms with Gasteiger partial charge >= 0.3 is 12.1 Å². The van der Waals surface area contributed by atoms with Crippen LogP contribution < -0.4 is 5.32 Å². The molecule has 0 aliphatic carbocycles. The van der Waals surface area contributed by atoms with Gasteiger partial charge in [-0.05, 0) is 36.9 Å². The van der Waals surface area contributed by atoms with Crippen LogP contribution in [-0.4, -0.2) is 43.7 Å². The van der Waals surface area contributed by atoms with Crippen LogP contribution in [0.4, 0.5) is 13.2 Å².